The molecule has 6 nitrogen and oxygen atoms in total. The predicted molar refractivity (Wildman–Crippen MR) is 96.1 cm³/mol. The van der Waals surface area contributed by atoms with E-state index in [0.717, 1.165) is 4.47 Å². The van der Waals surface area contributed by atoms with E-state index in [0.29, 0.717) is 28.0 Å². The average Bonchev–Trinajstić information content (AvgIpc) is 2.57. The van der Waals surface area contributed by atoms with Crippen molar-refractivity contribution >= 4 is 33.0 Å². The molecule has 122 valence electrons. The van der Waals surface area contributed by atoms with Crippen molar-refractivity contribution in [1.29, 1.82) is 0 Å². The number of nitrogens with zero attached hydrogens (tertiary/aromatic N) is 3. The molecule has 3 aromatic rings. The number of aromatic nitrogens is 2. The van der Waals surface area contributed by atoms with Crippen LogP contribution in [0.2, 0.25) is 0 Å². The summed E-state index contributed by atoms with van der Waals surface area (Å²) in [5.41, 5.74) is 0.767. The summed E-state index contributed by atoms with van der Waals surface area (Å²) < 4.78 is 7.05. The summed E-state index contributed by atoms with van der Waals surface area (Å²) in [6.07, 6.45) is 1.40. The molecule has 2 aromatic carbocycles. The fourth-order valence-electron chi connectivity index (χ4n) is 2.32. The SMILES string of the molecule is COc1cccc(C=Nn2c(C)nc3ccc(Br)cc3c2=O)c1O. The fourth-order valence-corrected chi connectivity index (χ4v) is 2.68. The third-order valence-corrected chi connectivity index (χ3v) is 4.03. The van der Waals surface area contributed by atoms with Crippen LogP contribution in [0.25, 0.3) is 10.9 Å². The van der Waals surface area contributed by atoms with E-state index in [1.54, 1.807) is 37.3 Å². The van der Waals surface area contributed by atoms with Gasteiger partial charge in [0.05, 0.1) is 24.2 Å². The van der Waals surface area contributed by atoms with E-state index in [9.17, 15) is 9.90 Å². The quantitative estimate of drug-likeness (QED) is 0.700. The van der Waals surface area contributed by atoms with Crippen LogP contribution in [0.15, 0.2) is 50.8 Å². The number of fused-ring (bicyclic) bond motifs is 1. The number of phenolic OH excluding ortho intramolecular Hbond substituents is 1. The van der Waals surface area contributed by atoms with Gasteiger partial charge < -0.3 is 9.84 Å². The van der Waals surface area contributed by atoms with Crippen molar-refractivity contribution in [3.05, 3.63) is 62.6 Å². The number of ether oxygens (including phenoxy) is 1. The number of rotatable bonds is 3. The highest BCUT2D eigenvalue weighted by Crippen LogP contribution is 2.28. The Balaban J connectivity index is 2.12. The fraction of sp³-hybridized carbons (Fsp3) is 0.118. The number of hydrogen-bond acceptors (Lipinski definition) is 5. The Morgan fingerprint density at radius 3 is 2.88 bits per heavy atom. The molecule has 0 aliphatic heterocycles. The van der Waals surface area contributed by atoms with E-state index >= 15 is 0 Å². The maximum Gasteiger partial charge on any atom is 0.282 e. The predicted octanol–water partition coefficient (Wildman–Crippen LogP) is 3.06. The van der Waals surface area contributed by atoms with Crippen LogP contribution in [0.3, 0.4) is 0 Å². The van der Waals surface area contributed by atoms with E-state index in [-0.39, 0.29) is 11.3 Å². The van der Waals surface area contributed by atoms with Crippen LogP contribution in [0.1, 0.15) is 11.4 Å². The molecule has 3 rings (SSSR count). The molecule has 1 aromatic heterocycles. The molecule has 7 heteroatoms. The number of aryl methyl sites for hydroxylation is 1. The van der Waals surface area contributed by atoms with Gasteiger partial charge in [0, 0.05) is 10.0 Å². The van der Waals surface area contributed by atoms with Gasteiger partial charge in [-0.2, -0.15) is 9.78 Å². The molecule has 0 aliphatic rings. The molecule has 0 spiro atoms. The Morgan fingerprint density at radius 2 is 2.12 bits per heavy atom. The molecule has 0 atom stereocenters. The normalized spacial score (nSPS) is 11.3. The van der Waals surface area contributed by atoms with Crippen molar-refractivity contribution < 1.29 is 9.84 Å². The van der Waals surface area contributed by atoms with E-state index in [1.165, 1.54) is 18.0 Å². The maximum absolute atomic E-state index is 12.6. The lowest BCUT2D eigenvalue weighted by molar-refractivity contribution is 0.373. The molecule has 1 heterocycles. The van der Waals surface area contributed by atoms with Crippen LogP contribution >= 0.6 is 15.9 Å². The molecular formula is C17H14BrN3O3. The van der Waals surface area contributed by atoms with Crippen LogP contribution in [0.4, 0.5) is 0 Å². The van der Waals surface area contributed by atoms with Crippen molar-refractivity contribution in [2.75, 3.05) is 7.11 Å². The third-order valence-electron chi connectivity index (χ3n) is 3.53. The van der Waals surface area contributed by atoms with E-state index in [2.05, 4.69) is 26.0 Å². The minimum absolute atomic E-state index is 0.0362. The zero-order valence-electron chi connectivity index (χ0n) is 13.0. The molecule has 1 N–H and O–H groups in total. The standard InChI is InChI=1S/C17H14BrN3O3/c1-10-20-14-7-6-12(18)8-13(14)17(23)21(10)19-9-11-4-3-5-15(24-2)16(11)22/h3-9,22H,1-2H3. The van der Waals surface area contributed by atoms with E-state index in [4.69, 9.17) is 4.74 Å². The first-order valence-corrected chi connectivity index (χ1v) is 7.90. The zero-order valence-corrected chi connectivity index (χ0v) is 14.6. The Hall–Kier alpha value is -2.67. The first-order valence-electron chi connectivity index (χ1n) is 7.10. The molecule has 0 saturated carbocycles. The average molecular weight is 388 g/mol. The van der Waals surface area contributed by atoms with Gasteiger partial charge in [-0.25, -0.2) is 4.98 Å². The Kier molecular flexibility index (Phi) is 4.35. The smallest absolute Gasteiger partial charge is 0.282 e. The highest BCUT2D eigenvalue weighted by molar-refractivity contribution is 9.10. The molecule has 0 bridgehead atoms. The molecule has 24 heavy (non-hydrogen) atoms. The molecule has 0 fully saturated rings. The lowest BCUT2D eigenvalue weighted by Crippen LogP contribution is -2.20. The molecule has 0 unspecified atom stereocenters. The first kappa shape index (κ1) is 16.2. The minimum atomic E-state index is -0.280. The summed E-state index contributed by atoms with van der Waals surface area (Å²) in [5.74, 6) is 0.753. The van der Waals surface area contributed by atoms with Gasteiger partial charge >= 0.3 is 0 Å². The Labute approximate surface area is 146 Å². The van der Waals surface area contributed by atoms with Crippen LogP contribution in [-0.2, 0) is 0 Å². The van der Waals surface area contributed by atoms with Gasteiger partial charge in [0.1, 0.15) is 5.82 Å². The third kappa shape index (κ3) is 2.90. The number of phenols is 1. The number of para-hydroxylation sites is 1. The number of halogens is 1. The lowest BCUT2D eigenvalue weighted by Gasteiger charge is -2.07. The van der Waals surface area contributed by atoms with Gasteiger partial charge in [0.2, 0.25) is 0 Å². The highest BCUT2D eigenvalue weighted by atomic mass is 79.9. The van der Waals surface area contributed by atoms with Crippen LogP contribution in [0, 0.1) is 6.92 Å². The lowest BCUT2D eigenvalue weighted by atomic mass is 10.2. The van der Waals surface area contributed by atoms with Crippen LogP contribution in [0.5, 0.6) is 11.5 Å². The summed E-state index contributed by atoms with van der Waals surface area (Å²) in [4.78, 5) is 17.0. The minimum Gasteiger partial charge on any atom is -0.504 e. The summed E-state index contributed by atoms with van der Waals surface area (Å²) in [6, 6.07) is 10.3. The number of methoxy groups -OCH3 is 1. The van der Waals surface area contributed by atoms with Crippen molar-refractivity contribution in [3.8, 4) is 11.5 Å². The summed E-state index contributed by atoms with van der Waals surface area (Å²) >= 11 is 3.35. The Morgan fingerprint density at radius 1 is 1.33 bits per heavy atom. The zero-order chi connectivity index (χ0) is 17.3. The van der Waals surface area contributed by atoms with Crippen molar-refractivity contribution in [3.63, 3.8) is 0 Å². The molecule has 0 saturated heterocycles. The van der Waals surface area contributed by atoms with Gasteiger partial charge in [-0.15, -0.1) is 0 Å². The summed E-state index contributed by atoms with van der Waals surface area (Å²) in [6.45, 7) is 1.70. The van der Waals surface area contributed by atoms with E-state index in [1.807, 2.05) is 6.07 Å². The van der Waals surface area contributed by atoms with Gasteiger partial charge in [-0.1, -0.05) is 22.0 Å². The number of benzene rings is 2. The van der Waals surface area contributed by atoms with E-state index < -0.39 is 0 Å². The number of aromatic hydroxyl groups is 1. The largest absolute Gasteiger partial charge is 0.504 e. The van der Waals surface area contributed by atoms with Crippen molar-refractivity contribution in [1.82, 2.24) is 9.66 Å². The first-order chi connectivity index (χ1) is 11.5. The molecule has 0 aliphatic carbocycles. The van der Waals surface area contributed by atoms with Crippen molar-refractivity contribution in [2.45, 2.75) is 6.92 Å². The monoisotopic (exact) mass is 387 g/mol. The number of hydrogen-bond donors (Lipinski definition) is 1. The second-order valence-electron chi connectivity index (χ2n) is 5.08. The summed E-state index contributed by atoms with van der Waals surface area (Å²) in [7, 11) is 1.47. The molecule has 0 radical (unpaired) electrons. The molecule has 0 amide bonds. The molecular weight excluding hydrogens is 374 g/mol. The van der Waals surface area contributed by atoms with Crippen LogP contribution < -0.4 is 10.3 Å². The Bertz CT molecular complexity index is 1010. The van der Waals surface area contributed by atoms with Gasteiger partial charge in [-0.3, -0.25) is 4.79 Å². The van der Waals surface area contributed by atoms with Crippen molar-refractivity contribution in [2.24, 2.45) is 5.10 Å². The summed E-state index contributed by atoms with van der Waals surface area (Å²) in [5, 5.41) is 14.7. The van der Waals surface area contributed by atoms with Gasteiger partial charge in [0.25, 0.3) is 5.56 Å². The second-order valence-corrected chi connectivity index (χ2v) is 6.00. The topological polar surface area (TPSA) is 76.7 Å². The highest BCUT2D eigenvalue weighted by Gasteiger charge is 2.09. The second kappa shape index (κ2) is 6.45. The van der Waals surface area contributed by atoms with Gasteiger partial charge in [-0.05, 0) is 37.3 Å². The maximum atomic E-state index is 12.6. The van der Waals surface area contributed by atoms with Gasteiger partial charge in [0.15, 0.2) is 11.5 Å². The van der Waals surface area contributed by atoms with Crippen LogP contribution in [-0.4, -0.2) is 28.1 Å².